The van der Waals surface area contributed by atoms with Gasteiger partial charge in [0.15, 0.2) is 0 Å². The first-order chi connectivity index (χ1) is 10.3. The van der Waals surface area contributed by atoms with Gasteiger partial charge in [0.2, 0.25) is 0 Å². The first-order valence-corrected chi connectivity index (χ1v) is 8.22. The van der Waals surface area contributed by atoms with Gasteiger partial charge >= 0.3 is 86.9 Å². The topological polar surface area (TPSA) is 52.0 Å². The molecule has 0 spiro atoms. The van der Waals surface area contributed by atoms with Crippen molar-refractivity contribution >= 4 is 6.08 Å². The molecule has 0 heterocycles. The molecule has 0 bridgehead atoms. The van der Waals surface area contributed by atoms with Crippen molar-refractivity contribution in [3.05, 3.63) is 77.4 Å². The van der Waals surface area contributed by atoms with Crippen molar-refractivity contribution in [2.75, 3.05) is 0 Å². The average Bonchev–Trinajstić information content (AvgIpc) is 2.56. The van der Waals surface area contributed by atoms with Gasteiger partial charge in [-0.15, -0.1) is 11.6 Å². The Bertz CT molecular complexity index is 618. The van der Waals surface area contributed by atoms with Crippen LogP contribution >= 0.6 is 0 Å². The van der Waals surface area contributed by atoms with Gasteiger partial charge < -0.3 is 5.73 Å². The molecule has 0 aliphatic heterocycles. The molecule has 4 heteroatoms. The van der Waals surface area contributed by atoms with Crippen LogP contribution < -0.4 is 11.5 Å². The Morgan fingerprint density at radius 2 is 1.41 bits per heavy atom. The summed E-state index contributed by atoms with van der Waals surface area (Å²) in [7, 11) is 0. The monoisotopic (exact) mass is 442 g/mol. The fraction of sp³-hybridized carbons (Fsp3) is 0.167. The van der Waals surface area contributed by atoms with E-state index in [1.807, 2.05) is 36.4 Å². The van der Waals surface area contributed by atoms with E-state index < -0.39 is 0 Å². The second kappa shape index (κ2) is 13.5. The minimum absolute atomic E-state index is 0. The van der Waals surface area contributed by atoms with E-state index in [9.17, 15) is 0 Å². The predicted octanol–water partition coefficient (Wildman–Crippen LogP) is 2.78. The van der Waals surface area contributed by atoms with Gasteiger partial charge in [0.05, 0.1) is 0 Å². The van der Waals surface area contributed by atoms with Crippen molar-refractivity contribution in [2.45, 2.75) is 19.5 Å². The molecule has 2 nitrogen and oxygen atoms in total. The predicted molar refractivity (Wildman–Crippen MR) is 85.0 cm³/mol. The summed E-state index contributed by atoms with van der Waals surface area (Å²) in [5, 5.41) is 0. The van der Waals surface area contributed by atoms with Gasteiger partial charge in [0.1, 0.15) is 0 Å². The standard InChI is InChI=1S/2C9H10N.2Y/c2*1-2-8-5-3-4-6-9(8)7-10;;/h3-6H,2,7,10H2;1-6H,7,10H2;;/q;-1;;. The second-order valence-corrected chi connectivity index (χ2v) is 5.43. The van der Waals surface area contributed by atoms with E-state index in [0.29, 0.717) is 13.1 Å². The van der Waals surface area contributed by atoms with Crippen LogP contribution in [0.1, 0.15) is 22.3 Å². The number of hydrogen-bond acceptors (Lipinski definition) is 2. The Morgan fingerprint density at radius 1 is 0.909 bits per heavy atom. The van der Waals surface area contributed by atoms with Crippen molar-refractivity contribution in [3.8, 4) is 2.59 Å². The quantitative estimate of drug-likeness (QED) is 0.716. The number of rotatable bonds is 4. The first-order valence-electron chi connectivity index (χ1n) is 6.80. The molecule has 0 unspecified atom stereocenters. The summed E-state index contributed by atoms with van der Waals surface area (Å²) in [6.45, 7) is 6.53. The van der Waals surface area contributed by atoms with E-state index >= 15 is 0 Å². The molecule has 4 N–H and O–H groups in total. The third-order valence-electron chi connectivity index (χ3n) is 3.09. The van der Waals surface area contributed by atoms with E-state index in [4.69, 9.17) is 18.0 Å². The van der Waals surface area contributed by atoms with E-state index in [2.05, 4.69) is 14.7 Å². The molecule has 2 aromatic carbocycles. The summed E-state index contributed by atoms with van der Waals surface area (Å²) in [4.78, 5) is 0. The van der Waals surface area contributed by atoms with E-state index in [0.717, 1.165) is 47.8 Å². The average molecular weight is 442 g/mol. The van der Waals surface area contributed by atoms with Gasteiger partial charge in [-0.2, -0.15) is 5.56 Å². The summed E-state index contributed by atoms with van der Waals surface area (Å²) >= 11 is 1.09. The van der Waals surface area contributed by atoms with Crippen molar-refractivity contribution in [2.24, 2.45) is 11.5 Å². The van der Waals surface area contributed by atoms with Gasteiger partial charge in [-0.05, 0) is 0 Å². The molecule has 2 aromatic rings. The summed E-state index contributed by atoms with van der Waals surface area (Å²) in [5.41, 5.74) is 15.7. The largest absolute Gasteiger partial charge is 0.328 e. The zero-order chi connectivity index (χ0) is 15.5. The molecule has 0 aliphatic carbocycles. The van der Waals surface area contributed by atoms with Crippen LogP contribution in [0.25, 0.3) is 6.08 Å². The van der Waals surface area contributed by atoms with Crippen LogP contribution in [-0.2, 0) is 82.4 Å². The SMILES string of the molecule is NCc1ccccc1C[C]#[Y].[CH-]=Cc1ccccc1CN.[Y]. The second-order valence-electron chi connectivity index (χ2n) is 4.42. The minimum atomic E-state index is 0. The molecule has 1 radical (unpaired) electrons. The Balaban J connectivity index is 0.000000385. The summed E-state index contributed by atoms with van der Waals surface area (Å²) in [6.07, 6.45) is 2.53. The van der Waals surface area contributed by atoms with Crippen LogP contribution in [0.15, 0.2) is 48.5 Å². The molecule has 0 fully saturated rings. The molecule has 0 saturated heterocycles. The maximum atomic E-state index is 5.56. The van der Waals surface area contributed by atoms with Crippen molar-refractivity contribution < 1.29 is 62.9 Å². The van der Waals surface area contributed by atoms with Crippen LogP contribution in [0, 0.1) is 9.17 Å². The Hall–Kier alpha value is 0.0878. The van der Waals surface area contributed by atoms with E-state index in [-0.39, 0.29) is 32.7 Å². The fourth-order valence-corrected chi connectivity index (χ4v) is 2.46. The number of hydrogen-bond donors (Lipinski definition) is 2. The maximum absolute atomic E-state index is 5.56. The molecule has 0 amide bonds. The fourth-order valence-electron chi connectivity index (χ4n) is 1.92. The van der Waals surface area contributed by atoms with Gasteiger partial charge in [0, 0.05) is 39.3 Å². The Morgan fingerprint density at radius 3 is 1.86 bits per heavy atom. The van der Waals surface area contributed by atoms with Crippen LogP contribution in [0.3, 0.4) is 0 Å². The Kier molecular flexibility index (Phi) is 13.6. The Labute approximate surface area is 178 Å². The van der Waals surface area contributed by atoms with Gasteiger partial charge in [0.25, 0.3) is 0 Å². The van der Waals surface area contributed by atoms with Gasteiger partial charge in [-0.25, -0.2) is 6.08 Å². The molecule has 0 saturated carbocycles. The van der Waals surface area contributed by atoms with E-state index in [1.165, 1.54) is 11.1 Å². The molecule has 0 aliphatic rings. The molecule has 0 atom stereocenters. The van der Waals surface area contributed by atoms with Crippen LogP contribution in [0.4, 0.5) is 0 Å². The molecular formula is C18H20N2Y2-. The van der Waals surface area contributed by atoms with Crippen molar-refractivity contribution in [1.29, 1.82) is 0 Å². The third-order valence-corrected chi connectivity index (χ3v) is 3.59. The van der Waals surface area contributed by atoms with Crippen LogP contribution in [-0.4, -0.2) is 0 Å². The number of nitrogens with two attached hydrogens (primary N) is 2. The smallest absolute Gasteiger partial charge is 0.00177 e. The molecule has 2 rings (SSSR count). The maximum Gasteiger partial charge on any atom is 0.00177 e. The van der Waals surface area contributed by atoms with E-state index in [1.54, 1.807) is 6.08 Å². The molecular weight excluding hydrogens is 422 g/mol. The van der Waals surface area contributed by atoms with Crippen molar-refractivity contribution in [1.82, 2.24) is 0 Å². The molecule has 22 heavy (non-hydrogen) atoms. The molecule has 0 aromatic heterocycles. The zero-order valence-corrected chi connectivity index (χ0v) is 18.4. The summed E-state index contributed by atoms with van der Waals surface area (Å²) < 4.78 is 3.23. The van der Waals surface area contributed by atoms with Crippen molar-refractivity contribution in [3.63, 3.8) is 0 Å². The zero-order valence-electron chi connectivity index (χ0n) is 12.7. The first kappa shape index (κ1) is 22.1. The van der Waals surface area contributed by atoms with Gasteiger partial charge in [-0.3, -0.25) is 6.58 Å². The number of benzene rings is 2. The molecule has 109 valence electrons. The van der Waals surface area contributed by atoms with Gasteiger partial charge in [-0.1, -0.05) is 18.2 Å². The third kappa shape index (κ3) is 7.57. The van der Waals surface area contributed by atoms with Crippen LogP contribution in [0.5, 0.6) is 0 Å². The minimum Gasteiger partial charge on any atom is -0.328 e. The summed E-state index contributed by atoms with van der Waals surface area (Å²) in [6, 6.07) is 16.1. The van der Waals surface area contributed by atoms with Crippen LogP contribution in [0.2, 0.25) is 0 Å². The summed E-state index contributed by atoms with van der Waals surface area (Å²) in [5.74, 6) is 0. The normalized spacial score (nSPS) is 8.91.